The van der Waals surface area contributed by atoms with Crippen LogP contribution >= 0.6 is 0 Å². The minimum atomic E-state index is -0.631. The van der Waals surface area contributed by atoms with Crippen LogP contribution in [0.3, 0.4) is 0 Å². The highest BCUT2D eigenvalue weighted by Gasteiger charge is 2.32. The van der Waals surface area contributed by atoms with Crippen molar-refractivity contribution in [1.82, 2.24) is 10.6 Å². The first-order chi connectivity index (χ1) is 13.8. The van der Waals surface area contributed by atoms with Crippen molar-refractivity contribution >= 4 is 17.6 Å². The third-order valence-corrected chi connectivity index (χ3v) is 5.11. The first-order valence-corrected chi connectivity index (χ1v) is 9.23. The fraction of sp³-hybridized carbons (Fsp3) is 0.273. The number of nitrogens with one attached hydrogen (secondary N) is 3. The largest absolute Gasteiger partial charge is 0.493 e. The number of methoxy groups -OCH3 is 2. The molecule has 0 spiro atoms. The SMILES string of the molecule is COc1ccc([C@H]2NC(=O)NC(C)=C2C(=O)Nc2cccc(C)c2C)cc1OC. The van der Waals surface area contributed by atoms with Crippen molar-refractivity contribution in [2.45, 2.75) is 26.8 Å². The summed E-state index contributed by atoms with van der Waals surface area (Å²) in [6, 6.07) is 10.0. The predicted octanol–water partition coefficient (Wildman–Crippen LogP) is 3.59. The van der Waals surface area contributed by atoms with Crippen LogP contribution in [0.25, 0.3) is 0 Å². The molecular weight excluding hydrogens is 370 g/mol. The number of rotatable bonds is 5. The van der Waals surface area contributed by atoms with Gasteiger partial charge in [0.25, 0.3) is 5.91 Å². The molecule has 2 aromatic carbocycles. The monoisotopic (exact) mass is 395 g/mol. The molecule has 1 aliphatic rings. The summed E-state index contributed by atoms with van der Waals surface area (Å²) in [6.45, 7) is 5.66. The summed E-state index contributed by atoms with van der Waals surface area (Å²) in [5.41, 5.74) is 4.45. The second-order valence-electron chi connectivity index (χ2n) is 6.89. The zero-order valence-electron chi connectivity index (χ0n) is 17.2. The van der Waals surface area contributed by atoms with Crippen molar-refractivity contribution < 1.29 is 19.1 Å². The van der Waals surface area contributed by atoms with Gasteiger partial charge in [-0.15, -0.1) is 0 Å². The second kappa shape index (κ2) is 8.26. The molecule has 1 heterocycles. The summed E-state index contributed by atoms with van der Waals surface area (Å²) in [5.74, 6) is 0.798. The van der Waals surface area contributed by atoms with Gasteiger partial charge in [-0.3, -0.25) is 4.79 Å². The van der Waals surface area contributed by atoms with Gasteiger partial charge in [0.05, 0.1) is 25.8 Å². The number of amides is 3. The predicted molar refractivity (Wildman–Crippen MR) is 111 cm³/mol. The smallest absolute Gasteiger partial charge is 0.319 e. The topological polar surface area (TPSA) is 88.7 Å². The minimum absolute atomic E-state index is 0.288. The lowest BCUT2D eigenvalue weighted by atomic mass is 9.94. The number of hydrogen-bond donors (Lipinski definition) is 3. The van der Waals surface area contributed by atoms with E-state index in [1.807, 2.05) is 32.0 Å². The summed E-state index contributed by atoms with van der Waals surface area (Å²) < 4.78 is 10.7. The maximum absolute atomic E-state index is 13.2. The maximum atomic E-state index is 13.2. The van der Waals surface area contributed by atoms with E-state index in [2.05, 4.69) is 16.0 Å². The van der Waals surface area contributed by atoms with Gasteiger partial charge in [-0.1, -0.05) is 18.2 Å². The molecule has 0 unspecified atom stereocenters. The lowest BCUT2D eigenvalue weighted by Gasteiger charge is -2.29. The second-order valence-corrected chi connectivity index (χ2v) is 6.89. The van der Waals surface area contributed by atoms with E-state index >= 15 is 0 Å². The molecular formula is C22H25N3O4. The Hall–Kier alpha value is -3.48. The van der Waals surface area contributed by atoms with Gasteiger partial charge in [-0.2, -0.15) is 0 Å². The number of urea groups is 1. The molecule has 7 heteroatoms. The molecule has 2 aromatic rings. The Bertz CT molecular complexity index is 998. The van der Waals surface area contributed by atoms with Gasteiger partial charge in [-0.25, -0.2) is 4.79 Å². The van der Waals surface area contributed by atoms with Crippen molar-refractivity contribution in [2.24, 2.45) is 0 Å². The van der Waals surface area contributed by atoms with Crippen molar-refractivity contribution in [3.63, 3.8) is 0 Å². The zero-order valence-corrected chi connectivity index (χ0v) is 17.2. The number of ether oxygens (including phenoxy) is 2. The minimum Gasteiger partial charge on any atom is -0.493 e. The van der Waals surface area contributed by atoms with E-state index in [1.165, 1.54) is 7.11 Å². The highest BCUT2D eigenvalue weighted by atomic mass is 16.5. The van der Waals surface area contributed by atoms with E-state index < -0.39 is 6.04 Å². The van der Waals surface area contributed by atoms with E-state index in [4.69, 9.17) is 9.47 Å². The average molecular weight is 395 g/mol. The van der Waals surface area contributed by atoms with Crippen LogP contribution in [-0.2, 0) is 4.79 Å². The molecule has 3 rings (SSSR count). The number of hydrogen-bond acceptors (Lipinski definition) is 4. The highest BCUT2D eigenvalue weighted by molar-refractivity contribution is 6.07. The molecule has 0 saturated heterocycles. The van der Waals surface area contributed by atoms with Crippen LogP contribution in [0.4, 0.5) is 10.5 Å². The molecule has 1 atom stereocenters. The number of anilines is 1. The lowest BCUT2D eigenvalue weighted by Crippen LogP contribution is -2.46. The summed E-state index contributed by atoms with van der Waals surface area (Å²) in [7, 11) is 3.09. The Balaban J connectivity index is 2.00. The van der Waals surface area contributed by atoms with E-state index in [0.717, 1.165) is 16.8 Å². The standard InChI is InChI=1S/C22H25N3O4/c1-12-7-6-8-16(13(12)2)24-21(26)19-14(3)23-22(27)25-20(19)15-9-10-17(28-4)18(11-15)29-5/h6-11,20H,1-5H3,(H,24,26)(H2,23,25,27)/t20-/m1/s1. The van der Waals surface area contributed by atoms with Crippen LogP contribution in [0.15, 0.2) is 47.7 Å². The van der Waals surface area contributed by atoms with Gasteiger partial charge in [0.15, 0.2) is 11.5 Å². The summed E-state index contributed by atoms with van der Waals surface area (Å²) in [6.07, 6.45) is 0. The van der Waals surface area contributed by atoms with Crippen molar-refractivity contribution in [3.8, 4) is 11.5 Å². The number of carbonyl (C=O) groups excluding carboxylic acids is 2. The Morgan fingerprint density at radius 1 is 1.03 bits per heavy atom. The zero-order chi connectivity index (χ0) is 21.1. The van der Waals surface area contributed by atoms with Gasteiger partial charge >= 0.3 is 6.03 Å². The van der Waals surface area contributed by atoms with Crippen molar-refractivity contribution in [2.75, 3.05) is 19.5 Å². The molecule has 3 N–H and O–H groups in total. The van der Waals surface area contributed by atoms with E-state index in [9.17, 15) is 9.59 Å². The van der Waals surface area contributed by atoms with Gasteiger partial charge in [0.2, 0.25) is 0 Å². The van der Waals surface area contributed by atoms with Crippen LogP contribution in [0, 0.1) is 13.8 Å². The molecule has 0 saturated carbocycles. The molecule has 29 heavy (non-hydrogen) atoms. The van der Waals surface area contributed by atoms with Crippen LogP contribution in [0.5, 0.6) is 11.5 Å². The Labute approximate surface area is 170 Å². The fourth-order valence-electron chi connectivity index (χ4n) is 3.35. The number of allylic oxidation sites excluding steroid dienone is 1. The Morgan fingerprint density at radius 2 is 1.76 bits per heavy atom. The summed E-state index contributed by atoms with van der Waals surface area (Å²) in [5, 5.41) is 8.49. The summed E-state index contributed by atoms with van der Waals surface area (Å²) in [4.78, 5) is 25.3. The lowest BCUT2D eigenvalue weighted by molar-refractivity contribution is -0.113. The molecule has 0 aromatic heterocycles. The average Bonchev–Trinajstić information content (AvgIpc) is 2.70. The van der Waals surface area contributed by atoms with Gasteiger partial charge in [0, 0.05) is 11.4 Å². The molecule has 0 aliphatic carbocycles. The van der Waals surface area contributed by atoms with Crippen molar-refractivity contribution in [1.29, 1.82) is 0 Å². The van der Waals surface area contributed by atoms with Gasteiger partial charge < -0.3 is 25.4 Å². The number of carbonyl (C=O) groups is 2. The van der Waals surface area contributed by atoms with Crippen molar-refractivity contribution in [3.05, 3.63) is 64.4 Å². The molecule has 152 valence electrons. The van der Waals surface area contributed by atoms with Crippen LogP contribution < -0.4 is 25.4 Å². The Kier molecular flexibility index (Phi) is 5.77. The first-order valence-electron chi connectivity index (χ1n) is 9.23. The Morgan fingerprint density at radius 3 is 2.45 bits per heavy atom. The molecule has 7 nitrogen and oxygen atoms in total. The number of aryl methyl sites for hydroxylation is 1. The van der Waals surface area contributed by atoms with Crippen LogP contribution in [0.1, 0.15) is 29.7 Å². The van der Waals surface area contributed by atoms with Crippen LogP contribution in [0.2, 0.25) is 0 Å². The summed E-state index contributed by atoms with van der Waals surface area (Å²) >= 11 is 0. The van der Waals surface area contributed by atoms with Crippen LogP contribution in [-0.4, -0.2) is 26.2 Å². The molecule has 0 bridgehead atoms. The third kappa shape index (κ3) is 4.03. The molecule has 0 fully saturated rings. The van der Waals surface area contributed by atoms with Gasteiger partial charge in [-0.05, 0) is 55.7 Å². The maximum Gasteiger partial charge on any atom is 0.319 e. The van der Waals surface area contributed by atoms with E-state index in [-0.39, 0.29) is 11.9 Å². The fourth-order valence-corrected chi connectivity index (χ4v) is 3.35. The highest BCUT2D eigenvalue weighted by Crippen LogP contribution is 2.34. The third-order valence-electron chi connectivity index (χ3n) is 5.11. The quantitative estimate of drug-likeness (QED) is 0.722. The molecule has 0 radical (unpaired) electrons. The molecule has 1 aliphatic heterocycles. The van der Waals surface area contributed by atoms with Gasteiger partial charge in [0.1, 0.15) is 0 Å². The first kappa shape index (κ1) is 20.3. The van der Waals surface area contributed by atoms with E-state index in [0.29, 0.717) is 28.3 Å². The number of benzene rings is 2. The normalized spacial score (nSPS) is 16.0. The van der Waals surface area contributed by atoms with E-state index in [1.54, 1.807) is 32.2 Å². The molecule has 3 amide bonds.